The van der Waals surface area contributed by atoms with E-state index >= 15 is 0 Å². The number of hydrogen-bond donors (Lipinski definition) is 4. The number of benzene rings is 1. The maximum atomic E-state index is 12.1. The molecule has 1 unspecified atom stereocenters. The number of imidazole rings is 1. The Morgan fingerprint density at radius 3 is 2.87 bits per heavy atom. The highest BCUT2D eigenvalue weighted by atomic mass is 79.9. The van der Waals surface area contributed by atoms with Gasteiger partial charge in [0.05, 0.1) is 6.33 Å². The predicted octanol–water partition coefficient (Wildman–Crippen LogP) is 0.956. The molecule has 1 aliphatic heterocycles. The minimum atomic E-state index is -1.37. The highest BCUT2D eigenvalue weighted by molar-refractivity contribution is 9.10. The first kappa shape index (κ1) is 20.7. The highest BCUT2D eigenvalue weighted by Crippen LogP contribution is 2.32. The largest absolute Gasteiger partial charge is 0.387 e. The summed E-state index contributed by atoms with van der Waals surface area (Å²) in [6, 6.07) is 7.87. The molecular weight excluding hydrogens is 456 g/mol. The monoisotopic (exact) mass is 476 g/mol. The fourth-order valence-corrected chi connectivity index (χ4v) is 3.83. The van der Waals surface area contributed by atoms with Crippen LogP contribution in [-0.4, -0.2) is 60.5 Å². The molecule has 0 radical (unpaired) electrons. The first-order valence-electron chi connectivity index (χ1n) is 9.44. The van der Waals surface area contributed by atoms with Gasteiger partial charge >= 0.3 is 0 Å². The first-order valence-corrected chi connectivity index (χ1v) is 10.2. The number of nitrogens with zero attached hydrogens (tertiary/aromatic N) is 4. The Labute approximate surface area is 180 Å². The van der Waals surface area contributed by atoms with Gasteiger partial charge in [0.1, 0.15) is 18.5 Å². The van der Waals surface area contributed by atoms with Gasteiger partial charge in [-0.3, -0.25) is 9.36 Å². The molecular formula is C19H21BrN6O4. The van der Waals surface area contributed by atoms with Gasteiger partial charge in [-0.2, -0.15) is 0 Å². The Morgan fingerprint density at radius 2 is 2.10 bits per heavy atom. The second kappa shape index (κ2) is 8.64. The van der Waals surface area contributed by atoms with E-state index in [0.717, 1.165) is 10.0 Å². The van der Waals surface area contributed by atoms with E-state index in [1.807, 2.05) is 24.3 Å². The van der Waals surface area contributed by atoms with Crippen molar-refractivity contribution in [1.82, 2.24) is 24.8 Å². The van der Waals surface area contributed by atoms with Crippen molar-refractivity contribution in [2.24, 2.45) is 0 Å². The van der Waals surface area contributed by atoms with E-state index in [2.05, 4.69) is 41.5 Å². The van der Waals surface area contributed by atoms with Crippen molar-refractivity contribution in [2.75, 3.05) is 11.9 Å². The molecule has 1 aromatic carbocycles. The molecule has 1 fully saturated rings. The van der Waals surface area contributed by atoms with Gasteiger partial charge < -0.3 is 25.6 Å². The third-order valence-corrected chi connectivity index (χ3v) is 5.32. The number of nitrogens with one attached hydrogen (secondary N) is 2. The molecule has 1 amide bonds. The summed E-state index contributed by atoms with van der Waals surface area (Å²) in [7, 11) is 0. The predicted molar refractivity (Wildman–Crippen MR) is 111 cm³/mol. The van der Waals surface area contributed by atoms with Crippen LogP contribution in [0.4, 0.5) is 5.82 Å². The first-order chi connectivity index (χ1) is 14.5. The average molecular weight is 477 g/mol. The number of fused-ring (bicyclic) bond motifs is 1. The molecule has 158 valence electrons. The van der Waals surface area contributed by atoms with E-state index in [0.29, 0.717) is 30.1 Å². The lowest BCUT2D eigenvalue weighted by Crippen LogP contribution is -2.42. The number of anilines is 1. The zero-order valence-electron chi connectivity index (χ0n) is 16.1. The fourth-order valence-electron chi connectivity index (χ4n) is 3.38. The minimum Gasteiger partial charge on any atom is -0.387 e. The SMILES string of the molecule is CCNC(=O)[C@H]1OC(n2cnc3c(NCc4cccc(Br)c4)ncnc32)[C@H](O)[C@@H]1O. The summed E-state index contributed by atoms with van der Waals surface area (Å²) in [5.74, 6) is 0.0361. The van der Waals surface area contributed by atoms with Crippen LogP contribution in [0.5, 0.6) is 0 Å². The normalized spacial score (nSPS) is 23.6. The van der Waals surface area contributed by atoms with Gasteiger partial charge in [0, 0.05) is 17.6 Å². The quantitative estimate of drug-likeness (QED) is 0.413. The number of ether oxygens (including phenoxy) is 1. The molecule has 3 heterocycles. The zero-order valence-corrected chi connectivity index (χ0v) is 17.7. The van der Waals surface area contributed by atoms with Crippen LogP contribution in [0.15, 0.2) is 41.4 Å². The van der Waals surface area contributed by atoms with E-state index in [-0.39, 0.29) is 0 Å². The van der Waals surface area contributed by atoms with Crippen molar-refractivity contribution in [3.63, 3.8) is 0 Å². The van der Waals surface area contributed by atoms with Crippen molar-refractivity contribution in [3.8, 4) is 0 Å². The molecule has 11 heteroatoms. The fraction of sp³-hybridized carbons (Fsp3) is 0.368. The summed E-state index contributed by atoms with van der Waals surface area (Å²) in [6.45, 7) is 2.68. The molecule has 30 heavy (non-hydrogen) atoms. The summed E-state index contributed by atoms with van der Waals surface area (Å²) in [5, 5.41) is 26.5. The minimum absolute atomic E-state index is 0.389. The number of halogens is 1. The number of carbonyl (C=O) groups is 1. The Bertz CT molecular complexity index is 1060. The summed E-state index contributed by atoms with van der Waals surface area (Å²) < 4.78 is 8.13. The van der Waals surface area contributed by atoms with Gasteiger partial charge in [-0.05, 0) is 24.6 Å². The van der Waals surface area contributed by atoms with Gasteiger partial charge in [0.25, 0.3) is 5.91 Å². The summed E-state index contributed by atoms with van der Waals surface area (Å²) in [4.78, 5) is 25.0. The van der Waals surface area contributed by atoms with Crippen molar-refractivity contribution < 1.29 is 19.7 Å². The molecule has 1 aliphatic rings. The zero-order chi connectivity index (χ0) is 21.3. The molecule has 2 aromatic heterocycles. The van der Waals surface area contributed by atoms with Gasteiger partial charge in [0.2, 0.25) is 0 Å². The Kier molecular flexibility index (Phi) is 5.95. The smallest absolute Gasteiger partial charge is 0.252 e. The van der Waals surface area contributed by atoms with Crippen LogP contribution in [0.3, 0.4) is 0 Å². The maximum Gasteiger partial charge on any atom is 0.252 e. The number of amides is 1. The Hall–Kier alpha value is -2.60. The maximum absolute atomic E-state index is 12.1. The third kappa shape index (κ3) is 3.88. The number of aliphatic hydroxyl groups excluding tert-OH is 2. The van der Waals surface area contributed by atoms with Gasteiger partial charge in [-0.25, -0.2) is 15.0 Å². The van der Waals surface area contributed by atoms with Crippen LogP contribution in [0, 0.1) is 0 Å². The van der Waals surface area contributed by atoms with Gasteiger partial charge in [-0.15, -0.1) is 0 Å². The topological polar surface area (TPSA) is 134 Å². The summed E-state index contributed by atoms with van der Waals surface area (Å²) >= 11 is 3.45. The molecule has 1 saturated heterocycles. The van der Waals surface area contributed by atoms with Crippen LogP contribution in [0.1, 0.15) is 18.7 Å². The second-order valence-electron chi connectivity index (χ2n) is 6.85. The van der Waals surface area contributed by atoms with Crippen LogP contribution >= 0.6 is 15.9 Å². The van der Waals surface area contributed by atoms with E-state index < -0.39 is 30.4 Å². The summed E-state index contributed by atoms with van der Waals surface area (Å²) in [5.41, 5.74) is 1.95. The van der Waals surface area contributed by atoms with E-state index in [9.17, 15) is 15.0 Å². The van der Waals surface area contributed by atoms with E-state index in [4.69, 9.17) is 4.74 Å². The molecule has 0 bridgehead atoms. The van der Waals surface area contributed by atoms with Gasteiger partial charge in [0.15, 0.2) is 29.3 Å². The van der Waals surface area contributed by atoms with Crippen LogP contribution in [-0.2, 0) is 16.1 Å². The molecule has 0 aliphatic carbocycles. The van der Waals surface area contributed by atoms with E-state index in [1.54, 1.807) is 6.92 Å². The molecule has 3 aromatic rings. The molecule has 0 saturated carbocycles. The van der Waals surface area contributed by atoms with Crippen molar-refractivity contribution in [1.29, 1.82) is 0 Å². The van der Waals surface area contributed by atoms with Crippen LogP contribution in [0.25, 0.3) is 11.2 Å². The molecule has 4 rings (SSSR count). The molecule has 4 N–H and O–H groups in total. The Morgan fingerprint density at radius 1 is 1.27 bits per heavy atom. The molecule has 4 atom stereocenters. The second-order valence-corrected chi connectivity index (χ2v) is 7.77. The third-order valence-electron chi connectivity index (χ3n) is 4.83. The average Bonchev–Trinajstić information content (AvgIpc) is 3.28. The standard InChI is InChI=1S/C19H21BrN6O4/c1-2-21-18(29)15-13(27)14(28)19(30-15)26-9-25-12-16(23-8-24-17(12)26)22-7-10-4-3-5-11(20)6-10/h3-6,8-9,13-15,19,27-28H,2,7H2,1H3,(H,21,29)(H,22,23,24)/t13-,14+,15-,19?/m0/s1. The van der Waals surface area contributed by atoms with E-state index in [1.165, 1.54) is 17.2 Å². The number of carbonyl (C=O) groups excluding carboxylic acids is 1. The lowest BCUT2D eigenvalue weighted by Gasteiger charge is -2.16. The molecule has 0 spiro atoms. The number of rotatable bonds is 6. The number of hydrogen-bond acceptors (Lipinski definition) is 8. The number of aromatic nitrogens is 4. The van der Waals surface area contributed by atoms with Crippen LogP contribution < -0.4 is 10.6 Å². The Balaban J connectivity index is 1.58. The molecule has 10 nitrogen and oxygen atoms in total. The summed E-state index contributed by atoms with van der Waals surface area (Å²) in [6.07, 6.45) is -2.05. The van der Waals surface area contributed by atoms with Gasteiger partial charge in [-0.1, -0.05) is 28.1 Å². The van der Waals surface area contributed by atoms with Crippen molar-refractivity contribution in [2.45, 2.75) is 38.0 Å². The van der Waals surface area contributed by atoms with Crippen LogP contribution in [0.2, 0.25) is 0 Å². The lowest BCUT2D eigenvalue weighted by molar-refractivity contribution is -0.137. The number of aliphatic hydroxyl groups is 2. The lowest BCUT2D eigenvalue weighted by atomic mass is 10.1. The number of likely N-dealkylation sites (N-methyl/N-ethyl adjacent to an activating group) is 1. The van der Waals surface area contributed by atoms with Crippen molar-refractivity contribution >= 4 is 38.8 Å². The van der Waals surface area contributed by atoms with Crippen molar-refractivity contribution in [3.05, 3.63) is 47.0 Å². The highest BCUT2D eigenvalue weighted by Gasteiger charge is 2.47.